The SMILES string of the molecule is CCC1CCC(c2nc(CCNC3CC3)cs2)C1. The molecule has 3 heteroatoms. The fraction of sp³-hybridized carbons (Fsp3) is 0.800. The van der Waals surface area contributed by atoms with E-state index in [4.69, 9.17) is 4.98 Å². The van der Waals surface area contributed by atoms with Gasteiger partial charge in [0.05, 0.1) is 10.7 Å². The highest BCUT2D eigenvalue weighted by molar-refractivity contribution is 7.09. The third-order valence-corrected chi connectivity index (χ3v) is 5.48. The largest absolute Gasteiger partial charge is 0.314 e. The molecule has 2 aliphatic carbocycles. The van der Waals surface area contributed by atoms with Crippen molar-refractivity contribution in [3.63, 3.8) is 0 Å². The Morgan fingerprint density at radius 1 is 1.33 bits per heavy atom. The number of hydrogen-bond donors (Lipinski definition) is 1. The number of thiazole rings is 1. The first kappa shape index (κ1) is 12.6. The molecule has 3 rings (SSSR count). The molecular formula is C15H24N2S. The molecule has 2 atom stereocenters. The summed E-state index contributed by atoms with van der Waals surface area (Å²) in [5, 5.41) is 7.26. The molecule has 2 unspecified atom stereocenters. The molecule has 2 fully saturated rings. The van der Waals surface area contributed by atoms with Gasteiger partial charge in [-0.3, -0.25) is 0 Å². The lowest BCUT2D eigenvalue weighted by Gasteiger charge is -2.06. The second-order valence-corrected chi connectivity index (χ2v) is 6.83. The van der Waals surface area contributed by atoms with Crippen molar-refractivity contribution in [1.82, 2.24) is 10.3 Å². The van der Waals surface area contributed by atoms with E-state index in [0.29, 0.717) is 0 Å². The van der Waals surface area contributed by atoms with Crippen molar-refractivity contribution in [3.05, 3.63) is 16.1 Å². The van der Waals surface area contributed by atoms with Crippen LogP contribution < -0.4 is 5.32 Å². The summed E-state index contributed by atoms with van der Waals surface area (Å²) in [7, 11) is 0. The van der Waals surface area contributed by atoms with Crippen LogP contribution in [0.1, 0.15) is 62.1 Å². The summed E-state index contributed by atoms with van der Waals surface area (Å²) in [4.78, 5) is 4.86. The van der Waals surface area contributed by atoms with Gasteiger partial charge in [-0.05, 0) is 38.0 Å². The Morgan fingerprint density at radius 2 is 2.22 bits per heavy atom. The van der Waals surface area contributed by atoms with Gasteiger partial charge in [-0.25, -0.2) is 4.98 Å². The second-order valence-electron chi connectivity index (χ2n) is 5.94. The summed E-state index contributed by atoms with van der Waals surface area (Å²) in [6, 6.07) is 0.822. The highest BCUT2D eigenvalue weighted by Crippen LogP contribution is 2.40. The molecule has 0 spiro atoms. The molecule has 100 valence electrons. The fourth-order valence-electron chi connectivity index (χ4n) is 2.99. The number of nitrogens with one attached hydrogen (secondary N) is 1. The van der Waals surface area contributed by atoms with E-state index in [1.165, 1.54) is 49.2 Å². The van der Waals surface area contributed by atoms with Gasteiger partial charge >= 0.3 is 0 Å². The van der Waals surface area contributed by atoms with E-state index in [1.54, 1.807) is 0 Å². The monoisotopic (exact) mass is 264 g/mol. The van der Waals surface area contributed by atoms with Crippen LogP contribution in [0.25, 0.3) is 0 Å². The normalized spacial score (nSPS) is 27.8. The number of hydrogen-bond acceptors (Lipinski definition) is 3. The van der Waals surface area contributed by atoms with Crippen molar-refractivity contribution in [1.29, 1.82) is 0 Å². The van der Waals surface area contributed by atoms with Crippen molar-refractivity contribution in [2.75, 3.05) is 6.54 Å². The third-order valence-electron chi connectivity index (χ3n) is 4.43. The topological polar surface area (TPSA) is 24.9 Å². The molecule has 0 aromatic carbocycles. The molecule has 2 saturated carbocycles. The van der Waals surface area contributed by atoms with E-state index in [9.17, 15) is 0 Å². The molecule has 0 bridgehead atoms. The maximum atomic E-state index is 4.86. The van der Waals surface area contributed by atoms with Gasteiger partial charge in [-0.1, -0.05) is 13.3 Å². The van der Waals surface area contributed by atoms with Crippen LogP contribution in [-0.2, 0) is 6.42 Å². The van der Waals surface area contributed by atoms with Gasteiger partial charge in [0.2, 0.25) is 0 Å². The molecule has 0 aliphatic heterocycles. The van der Waals surface area contributed by atoms with E-state index in [2.05, 4.69) is 17.6 Å². The van der Waals surface area contributed by atoms with Crippen LogP contribution in [0.5, 0.6) is 0 Å². The van der Waals surface area contributed by atoms with Crippen molar-refractivity contribution in [2.45, 2.75) is 63.8 Å². The molecule has 1 aromatic heterocycles. The Bertz CT molecular complexity index is 384. The van der Waals surface area contributed by atoms with Crippen LogP contribution in [0.3, 0.4) is 0 Å². The Hall–Kier alpha value is -0.410. The quantitative estimate of drug-likeness (QED) is 0.847. The Morgan fingerprint density at radius 3 is 2.94 bits per heavy atom. The Kier molecular flexibility index (Phi) is 4.00. The van der Waals surface area contributed by atoms with Crippen molar-refractivity contribution < 1.29 is 0 Å². The zero-order valence-electron chi connectivity index (χ0n) is 11.3. The van der Waals surface area contributed by atoms with Crippen LogP contribution in [0, 0.1) is 5.92 Å². The van der Waals surface area contributed by atoms with Crippen molar-refractivity contribution in [3.8, 4) is 0 Å². The summed E-state index contributed by atoms with van der Waals surface area (Å²) in [6.07, 6.45) is 9.37. The molecule has 0 amide bonds. The minimum absolute atomic E-state index is 0.769. The molecule has 1 N–H and O–H groups in total. The zero-order valence-corrected chi connectivity index (χ0v) is 12.1. The van der Waals surface area contributed by atoms with Crippen LogP contribution in [-0.4, -0.2) is 17.6 Å². The molecule has 2 nitrogen and oxygen atoms in total. The smallest absolute Gasteiger partial charge is 0.0959 e. The minimum atomic E-state index is 0.769. The first-order valence-corrected chi connectivity index (χ1v) is 8.40. The van der Waals surface area contributed by atoms with E-state index in [0.717, 1.165) is 30.8 Å². The van der Waals surface area contributed by atoms with Crippen molar-refractivity contribution >= 4 is 11.3 Å². The first-order valence-electron chi connectivity index (χ1n) is 7.53. The van der Waals surface area contributed by atoms with Crippen LogP contribution in [0.2, 0.25) is 0 Å². The highest BCUT2D eigenvalue weighted by atomic mass is 32.1. The summed E-state index contributed by atoms with van der Waals surface area (Å²) in [6.45, 7) is 3.43. The third kappa shape index (κ3) is 3.12. The van der Waals surface area contributed by atoms with Crippen LogP contribution in [0.15, 0.2) is 5.38 Å². The predicted molar refractivity (Wildman–Crippen MR) is 77.2 cm³/mol. The van der Waals surface area contributed by atoms with Gasteiger partial charge in [-0.2, -0.15) is 0 Å². The van der Waals surface area contributed by atoms with E-state index >= 15 is 0 Å². The summed E-state index contributed by atoms with van der Waals surface area (Å²) < 4.78 is 0. The van der Waals surface area contributed by atoms with Gasteiger partial charge in [0, 0.05) is 30.3 Å². The number of rotatable bonds is 6. The lowest BCUT2D eigenvalue weighted by molar-refractivity contribution is 0.520. The Balaban J connectivity index is 1.49. The van der Waals surface area contributed by atoms with Crippen LogP contribution >= 0.6 is 11.3 Å². The zero-order chi connectivity index (χ0) is 12.4. The van der Waals surface area contributed by atoms with Gasteiger partial charge in [0.25, 0.3) is 0 Å². The maximum absolute atomic E-state index is 4.86. The fourth-order valence-corrected chi connectivity index (χ4v) is 3.99. The predicted octanol–water partition coefficient (Wildman–Crippen LogP) is 3.73. The molecule has 18 heavy (non-hydrogen) atoms. The maximum Gasteiger partial charge on any atom is 0.0959 e. The molecule has 0 saturated heterocycles. The second kappa shape index (κ2) is 5.70. The van der Waals surface area contributed by atoms with Gasteiger partial charge in [0.15, 0.2) is 0 Å². The van der Waals surface area contributed by atoms with E-state index in [1.807, 2.05) is 11.3 Å². The lowest BCUT2D eigenvalue weighted by atomic mass is 10.0. The van der Waals surface area contributed by atoms with E-state index in [-0.39, 0.29) is 0 Å². The Labute approximate surface area is 114 Å². The average molecular weight is 264 g/mol. The van der Waals surface area contributed by atoms with Crippen LogP contribution in [0.4, 0.5) is 0 Å². The first-order chi connectivity index (χ1) is 8.85. The summed E-state index contributed by atoms with van der Waals surface area (Å²) in [5.74, 6) is 1.73. The number of aromatic nitrogens is 1. The van der Waals surface area contributed by atoms with Gasteiger partial charge in [-0.15, -0.1) is 11.3 Å². The summed E-state index contributed by atoms with van der Waals surface area (Å²) >= 11 is 1.89. The van der Waals surface area contributed by atoms with Gasteiger partial charge in [0.1, 0.15) is 0 Å². The minimum Gasteiger partial charge on any atom is -0.314 e. The standard InChI is InChI=1S/C15H24N2S/c1-2-11-3-4-12(9-11)15-17-14(10-18-15)7-8-16-13-5-6-13/h10-13,16H,2-9H2,1H3. The highest BCUT2D eigenvalue weighted by Gasteiger charge is 2.26. The molecular weight excluding hydrogens is 240 g/mol. The van der Waals surface area contributed by atoms with Crippen molar-refractivity contribution in [2.24, 2.45) is 5.92 Å². The molecule has 0 radical (unpaired) electrons. The lowest BCUT2D eigenvalue weighted by Crippen LogP contribution is -2.19. The van der Waals surface area contributed by atoms with Gasteiger partial charge < -0.3 is 5.32 Å². The molecule has 2 aliphatic rings. The van der Waals surface area contributed by atoms with E-state index < -0.39 is 0 Å². The summed E-state index contributed by atoms with van der Waals surface area (Å²) in [5.41, 5.74) is 1.31. The average Bonchev–Trinajstić information content (AvgIpc) is 2.92. The molecule has 1 heterocycles. The molecule has 1 aromatic rings. The number of nitrogens with zero attached hydrogens (tertiary/aromatic N) is 1.